The number of nitrogen functional groups attached to an aromatic ring is 1. The fourth-order valence-corrected chi connectivity index (χ4v) is 1.74. The summed E-state index contributed by atoms with van der Waals surface area (Å²) in [5.74, 6) is 5.48. The van der Waals surface area contributed by atoms with Crippen LogP contribution in [0.1, 0.15) is 31.3 Å². The highest BCUT2D eigenvalue weighted by molar-refractivity contribution is 6.33. The van der Waals surface area contributed by atoms with Crippen LogP contribution in [0.4, 0.5) is 5.82 Å². The largest absolute Gasteiger partial charge is 0.335 e. The van der Waals surface area contributed by atoms with Gasteiger partial charge in [-0.05, 0) is 32.9 Å². The van der Waals surface area contributed by atoms with Gasteiger partial charge in [-0.2, -0.15) is 0 Å². The molecule has 1 aromatic heterocycles. The standard InChI is InChI=1S/C11H17ClN4O/c1-4-16(7(2)3)11(17)10-8(12)5-6-9(14-10)15-13/h5-7H,4,13H2,1-3H3,(H,14,15). The van der Waals surface area contributed by atoms with Crippen molar-refractivity contribution in [2.24, 2.45) is 5.84 Å². The summed E-state index contributed by atoms with van der Waals surface area (Å²) in [7, 11) is 0. The quantitative estimate of drug-likeness (QED) is 0.638. The highest BCUT2D eigenvalue weighted by Gasteiger charge is 2.21. The third kappa shape index (κ3) is 3.08. The molecule has 0 aromatic carbocycles. The molecular formula is C11H17ClN4O. The first-order valence-electron chi connectivity index (χ1n) is 5.45. The number of anilines is 1. The number of amides is 1. The minimum atomic E-state index is -0.190. The van der Waals surface area contributed by atoms with Crippen molar-refractivity contribution in [2.75, 3.05) is 12.0 Å². The number of nitrogens with one attached hydrogen (secondary N) is 1. The summed E-state index contributed by atoms with van der Waals surface area (Å²) < 4.78 is 0. The zero-order valence-electron chi connectivity index (χ0n) is 10.2. The van der Waals surface area contributed by atoms with Crippen molar-refractivity contribution in [3.63, 3.8) is 0 Å². The van der Waals surface area contributed by atoms with E-state index in [0.29, 0.717) is 17.4 Å². The van der Waals surface area contributed by atoms with Crippen molar-refractivity contribution in [3.05, 3.63) is 22.8 Å². The van der Waals surface area contributed by atoms with Crippen LogP contribution in [0.2, 0.25) is 5.02 Å². The van der Waals surface area contributed by atoms with Gasteiger partial charge in [0.25, 0.3) is 5.91 Å². The number of rotatable bonds is 4. The Kier molecular flexibility index (Phi) is 4.72. The summed E-state index contributed by atoms with van der Waals surface area (Å²) in [4.78, 5) is 18.0. The monoisotopic (exact) mass is 256 g/mol. The Balaban J connectivity index is 3.10. The van der Waals surface area contributed by atoms with Gasteiger partial charge in [-0.25, -0.2) is 10.8 Å². The molecule has 0 radical (unpaired) electrons. The number of hydrogen-bond donors (Lipinski definition) is 2. The van der Waals surface area contributed by atoms with Gasteiger partial charge in [0.1, 0.15) is 11.5 Å². The van der Waals surface area contributed by atoms with Crippen molar-refractivity contribution < 1.29 is 4.79 Å². The number of nitrogens with zero attached hydrogens (tertiary/aromatic N) is 2. The molecule has 0 atom stereocenters. The van der Waals surface area contributed by atoms with Gasteiger partial charge in [0, 0.05) is 12.6 Å². The van der Waals surface area contributed by atoms with Gasteiger partial charge >= 0.3 is 0 Å². The summed E-state index contributed by atoms with van der Waals surface area (Å²) >= 11 is 5.98. The van der Waals surface area contributed by atoms with Crippen molar-refractivity contribution >= 4 is 23.3 Å². The highest BCUT2D eigenvalue weighted by Crippen LogP contribution is 2.19. The minimum absolute atomic E-state index is 0.0971. The van der Waals surface area contributed by atoms with Gasteiger partial charge in [0.2, 0.25) is 0 Å². The van der Waals surface area contributed by atoms with Crippen LogP contribution < -0.4 is 11.3 Å². The first-order chi connectivity index (χ1) is 8.01. The van der Waals surface area contributed by atoms with Gasteiger partial charge in [-0.1, -0.05) is 11.6 Å². The fourth-order valence-electron chi connectivity index (χ4n) is 1.55. The summed E-state index contributed by atoms with van der Waals surface area (Å²) in [6.07, 6.45) is 0. The Bertz CT molecular complexity index is 408. The maximum Gasteiger partial charge on any atom is 0.274 e. The molecule has 0 unspecified atom stereocenters. The molecule has 5 nitrogen and oxygen atoms in total. The maximum absolute atomic E-state index is 12.2. The number of carbonyl (C=O) groups excluding carboxylic acids is 1. The van der Waals surface area contributed by atoms with Crippen LogP contribution in [0, 0.1) is 0 Å². The van der Waals surface area contributed by atoms with Crippen LogP contribution >= 0.6 is 11.6 Å². The molecule has 0 aliphatic carbocycles. The zero-order valence-corrected chi connectivity index (χ0v) is 11.0. The minimum Gasteiger partial charge on any atom is -0.335 e. The molecule has 0 bridgehead atoms. The number of carbonyl (C=O) groups is 1. The lowest BCUT2D eigenvalue weighted by Crippen LogP contribution is -2.37. The molecule has 17 heavy (non-hydrogen) atoms. The number of hydrazine groups is 1. The average Bonchev–Trinajstić information content (AvgIpc) is 2.30. The molecule has 0 fully saturated rings. The van der Waals surface area contributed by atoms with Crippen LogP contribution in [0.15, 0.2) is 12.1 Å². The number of halogens is 1. The van der Waals surface area contributed by atoms with Gasteiger partial charge in [0.05, 0.1) is 5.02 Å². The van der Waals surface area contributed by atoms with E-state index in [1.54, 1.807) is 17.0 Å². The Hall–Kier alpha value is -1.33. The van der Waals surface area contributed by atoms with Crippen LogP contribution in [-0.2, 0) is 0 Å². The zero-order chi connectivity index (χ0) is 13.0. The van der Waals surface area contributed by atoms with Crippen LogP contribution in [0.5, 0.6) is 0 Å². The molecule has 94 valence electrons. The van der Waals surface area contributed by atoms with Gasteiger partial charge in [-0.15, -0.1) is 0 Å². The lowest BCUT2D eigenvalue weighted by atomic mass is 10.2. The summed E-state index contributed by atoms with van der Waals surface area (Å²) in [6.45, 7) is 6.41. The lowest BCUT2D eigenvalue weighted by Gasteiger charge is -2.25. The first-order valence-corrected chi connectivity index (χ1v) is 5.83. The second-order valence-corrected chi connectivity index (χ2v) is 4.26. The van der Waals surface area contributed by atoms with E-state index in [0.717, 1.165) is 0 Å². The van der Waals surface area contributed by atoms with Crippen LogP contribution in [0.3, 0.4) is 0 Å². The maximum atomic E-state index is 12.2. The summed E-state index contributed by atoms with van der Waals surface area (Å²) in [6, 6.07) is 3.32. The Morgan fingerprint density at radius 3 is 2.71 bits per heavy atom. The molecule has 1 aromatic rings. The van der Waals surface area contributed by atoms with E-state index in [-0.39, 0.29) is 17.6 Å². The number of pyridine rings is 1. The molecular weight excluding hydrogens is 240 g/mol. The predicted molar refractivity (Wildman–Crippen MR) is 68.9 cm³/mol. The van der Waals surface area contributed by atoms with Crippen molar-refractivity contribution in [2.45, 2.75) is 26.8 Å². The molecule has 0 spiro atoms. The number of aromatic nitrogens is 1. The first kappa shape index (κ1) is 13.7. The van der Waals surface area contributed by atoms with E-state index in [4.69, 9.17) is 17.4 Å². The van der Waals surface area contributed by atoms with Gasteiger partial charge in [0.15, 0.2) is 0 Å². The van der Waals surface area contributed by atoms with Crippen molar-refractivity contribution in [1.29, 1.82) is 0 Å². The predicted octanol–water partition coefficient (Wildman–Crippen LogP) is 1.89. The number of hydrogen-bond acceptors (Lipinski definition) is 4. The van der Waals surface area contributed by atoms with E-state index in [9.17, 15) is 4.79 Å². The summed E-state index contributed by atoms with van der Waals surface area (Å²) in [5, 5.41) is 0.327. The Morgan fingerprint density at radius 1 is 1.59 bits per heavy atom. The van der Waals surface area contributed by atoms with Crippen molar-refractivity contribution in [3.8, 4) is 0 Å². The van der Waals surface area contributed by atoms with Gasteiger partial charge < -0.3 is 10.3 Å². The molecule has 6 heteroatoms. The molecule has 1 rings (SSSR count). The lowest BCUT2D eigenvalue weighted by molar-refractivity contribution is 0.0711. The van der Waals surface area contributed by atoms with E-state index < -0.39 is 0 Å². The van der Waals surface area contributed by atoms with Crippen LogP contribution in [0.25, 0.3) is 0 Å². The Labute approximate surface area is 106 Å². The molecule has 1 amide bonds. The second kappa shape index (κ2) is 5.84. The molecule has 3 N–H and O–H groups in total. The second-order valence-electron chi connectivity index (χ2n) is 3.86. The fraction of sp³-hybridized carbons (Fsp3) is 0.455. The molecule has 0 aliphatic rings. The number of nitrogens with two attached hydrogens (primary N) is 1. The molecule has 0 saturated heterocycles. The molecule has 0 saturated carbocycles. The molecule has 1 heterocycles. The Morgan fingerprint density at radius 2 is 2.24 bits per heavy atom. The van der Waals surface area contributed by atoms with Crippen LogP contribution in [-0.4, -0.2) is 28.4 Å². The third-order valence-corrected chi connectivity index (χ3v) is 2.73. The average molecular weight is 257 g/mol. The third-order valence-electron chi connectivity index (χ3n) is 2.42. The summed E-state index contributed by atoms with van der Waals surface area (Å²) in [5.41, 5.74) is 2.62. The van der Waals surface area contributed by atoms with E-state index >= 15 is 0 Å². The topological polar surface area (TPSA) is 71.2 Å². The van der Waals surface area contributed by atoms with E-state index in [1.807, 2.05) is 20.8 Å². The van der Waals surface area contributed by atoms with Crippen molar-refractivity contribution in [1.82, 2.24) is 9.88 Å². The normalized spacial score (nSPS) is 10.5. The highest BCUT2D eigenvalue weighted by atomic mass is 35.5. The van der Waals surface area contributed by atoms with Gasteiger partial charge in [-0.3, -0.25) is 4.79 Å². The smallest absolute Gasteiger partial charge is 0.274 e. The molecule has 0 aliphatic heterocycles. The SMILES string of the molecule is CCN(C(=O)c1nc(NN)ccc1Cl)C(C)C. The van der Waals surface area contributed by atoms with E-state index in [2.05, 4.69) is 10.4 Å². The van der Waals surface area contributed by atoms with E-state index in [1.165, 1.54) is 0 Å².